The summed E-state index contributed by atoms with van der Waals surface area (Å²) in [6.07, 6.45) is 11.5. The molecule has 0 saturated carbocycles. The van der Waals surface area contributed by atoms with Crippen LogP contribution >= 0.6 is 23.2 Å². The summed E-state index contributed by atoms with van der Waals surface area (Å²) in [5.74, 6) is 2.15. The number of hydrogen-bond donors (Lipinski definition) is 4. The first kappa shape index (κ1) is 40.0. The van der Waals surface area contributed by atoms with Crippen LogP contribution in [-0.2, 0) is 0 Å². The number of piperidine rings is 2. The normalized spacial score (nSPS) is 19.8. The number of hydrogen-bond acceptors (Lipinski definition) is 12. The van der Waals surface area contributed by atoms with E-state index in [9.17, 15) is 0 Å². The Morgan fingerprint density at radius 1 is 0.600 bits per heavy atom. The maximum atomic E-state index is 6.44. The van der Waals surface area contributed by atoms with Crippen LogP contribution < -0.4 is 31.1 Å². The van der Waals surface area contributed by atoms with E-state index in [4.69, 9.17) is 33.2 Å². The summed E-state index contributed by atoms with van der Waals surface area (Å²) in [6.45, 7) is 28.5. The molecule has 2 fully saturated rings. The number of unbranched alkanes of at least 4 members (excludes halogenated alkanes) is 3. The van der Waals surface area contributed by atoms with Crippen molar-refractivity contribution in [3.05, 3.63) is 35.9 Å². The molecule has 2 aliphatic rings. The lowest BCUT2D eigenvalue weighted by atomic mass is 9.79. The summed E-state index contributed by atoms with van der Waals surface area (Å²) in [5, 5.41) is 14.4. The highest BCUT2D eigenvalue weighted by molar-refractivity contribution is 6.28. The average Bonchev–Trinajstić information content (AvgIpc) is 2.96. The fraction of sp³-hybridized carbons (Fsp3) is 0.722. The summed E-state index contributed by atoms with van der Waals surface area (Å²) < 4.78 is 0. The Labute approximate surface area is 310 Å². The molecule has 2 aromatic heterocycles. The Morgan fingerprint density at radius 2 is 0.940 bits per heavy atom. The smallest absolute Gasteiger partial charge is 0.231 e. The van der Waals surface area contributed by atoms with E-state index in [1.165, 1.54) is 0 Å². The van der Waals surface area contributed by atoms with E-state index in [0.29, 0.717) is 36.9 Å². The first-order valence-electron chi connectivity index (χ1n) is 18.0. The van der Waals surface area contributed by atoms with Crippen LogP contribution in [0, 0.1) is 0 Å². The van der Waals surface area contributed by atoms with Crippen molar-refractivity contribution in [3.8, 4) is 0 Å². The van der Waals surface area contributed by atoms with Gasteiger partial charge in [0.05, 0.1) is 0 Å². The zero-order valence-electron chi connectivity index (χ0n) is 31.5. The third-order valence-electron chi connectivity index (χ3n) is 9.28. The van der Waals surface area contributed by atoms with Gasteiger partial charge < -0.3 is 31.1 Å². The van der Waals surface area contributed by atoms with Gasteiger partial charge in [-0.05, 0) is 117 Å². The van der Waals surface area contributed by atoms with Crippen molar-refractivity contribution < 1.29 is 0 Å². The minimum atomic E-state index is -0.0361. The van der Waals surface area contributed by atoms with Crippen molar-refractivity contribution in [1.82, 2.24) is 40.5 Å². The maximum absolute atomic E-state index is 6.44. The van der Waals surface area contributed by atoms with Crippen molar-refractivity contribution in [1.29, 1.82) is 0 Å². The minimum Gasteiger partial charge on any atom is -0.351 e. The second-order valence-electron chi connectivity index (χ2n) is 16.5. The van der Waals surface area contributed by atoms with Gasteiger partial charge in [0.15, 0.2) is 0 Å². The van der Waals surface area contributed by atoms with Gasteiger partial charge in [0.1, 0.15) is 0 Å². The first-order chi connectivity index (χ1) is 23.4. The zero-order valence-corrected chi connectivity index (χ0v) is 33.1. The maximum Gasteiger partial charge on any atom is 0.231 e. The van der Waals surface area contributed by atoms with Crippen LogP contribution in [0.2, 0.25) is 10.6 Å². The topological polar surface area (TPSA) is 132 Å². The van der Waals surface area contributed by atoms with Gasteiger partial charge in [-0.25, -0.2) is 0 Å². The lowest BCUT2D eigenvalue weighted by Crippen LogP contribution is -2.62. The summed E-state index contributed by atoms with van der Waals surface area (Å²) in [6, 6.07) is 0.484. The van der Waals surface area contributed by atoms with Gasteiger partial charge in [-0.3, -0.25) is 0 Å². The Morgan fingerprint density at radius 3 is 1.26 bits per heavy atom. The number of rotatable bonds is 17. The average molecular weight is 732 g/mol. The Balaban J connectivity index is 1.48. The fourth-order valence-corrected chi connectivity index (χ4v) is 8.52. The molecule has 4 rings (SSSR count). The van der Waals surface area contributed by atoms with E-state index in [2.05, 4.69) is 120 Å². The molecule has 2 saturated heterocycles. The highest BCUT2D eigenvalue weighted by Gasteiger charge is 2.42. The van der Waals surface area contributed by atoms with Crippen LogP contribution in [0.3, 0.4) is 0 Å². The monoisotopic (exact) mass is 730 g/mol. The predicted octanol–water partition coefficient (Wildman–Crippen LogP) is 7.05. The molecule has 2 aliphatic heterocycles. The molecule has 0 amide bonds. The molecule has 14 heteroatoms. The molecule has 0 radical (unpaired) electrons. The zero-order chi connectivity index (χ0) is 36.7. The highest BCUT2D eigenvalue weighted by Crippen LogP contribution is 2.35. The summed E-state index contributed by atoms with van der Waals surface area (Å²) in [4.78, 5) is 32.2. The van der Waals surface area contributed by atoms with Gasteiger partial charge in [-0.1, -0.05) is 25.0 Å². The van der Waals surface area contributed by atoms with Crippen molar-refractivity contribution in [3.63, 3.8) is 0 Å². The lowest BCUT2D eigenvalue weighted by Gasteiger charge is -2.49. The summed E-state index contributed by atoms with van der Waals surface area (Å²) in [7, 11) is 0. The highest BCUT2D eigenvalue weighted by atomic mass is 35.5. The Bertz CT molecular complexity index is 1310. The number of halogens is 2. The standard InChI is InChI=1S/C36H60Cl2N12/c1-11-17-39-29-41-27(37)43-31(45-29)49(25-21-33(3,4)47-34(5,6)22-25)19-15-13-14-16-20-50(26-23-35(7,8)48-36(9,10)24-26)32-44-28(38)42-30(46-32)40-18-12-2/h11-12,25-26,47-48H,1-2,13-24H2,3-10H3,(H,39,41,43,45)(H,40,42,44,46). The molecule has 0 atom stereocenters. The van der Waals surface area contributed by atoms with Crippen LogP contribution in [0.4, 0.5) is 23.8 Å². The molecule has 0 spiro atoms. The predicted molar refractivity (Wildman–Crippen MR) is 209 cm³/mol. The van der Waals surface area contributed by atoms with Crippen molar-refractivity contribution in [2.24, 2.45) is 0 Å². The first-order valence-corrected chi connectivity index (χ1v) is 18.8. The van der Waals surface area contributed by atoms with E-state index >= 15 is 0 Å². The van der Waals surface area contributed by atoms with E-state index in [1.807, 2.05) is 0 Å². The number of nitrogens with one attached hydrogen (secondary N) is 4. The lowest BCUT2D eigenvalue weighted by molar-refractivity contribution is 0.156. The minimum absolute atomic E-state index is 0.0361. The molecular formula is C36H60Cl2N12. The Hall–Kier alpha value is -2.80. The molecule has 4 heterocycles. The molecule has 0 aromatic carbocycles. The van der Waals surface area contributed by atoms with Gasteiger partial charge in [-0.2, -0.15) is 29.9 Å². The number of aromatic nitrogens is 6. The quantitative estimate of drug-likeness (QED) is 0.0982. The van der Waals surface area contributed by atoms with Crippen LogP contribution in [-0.4, -0.2) is 90.3 Å². The Kier molecular flexibility index (Phi) is 13.3. The van der Waals surface area contributed by atoms with E-state index in [0.717, 1.165) is 64.5 Å². The molecule has 4 N–H and O–H groups in total. The SMILES string of the molecule is C=CCNc1nc(Cl)nc(N(CCCCCCN(c2nc(Cl)nc(NCC=C)n2)C2CC(C)(C)NC(C)(C)C2)C2CC(C)(C)NC(C)(C)C2)n1. The third kappa shape index (κ3) is 11.9. The largest absolute Gasteiger partial charge is 0.351 e. The fourth-order valence-electron chi connectivity index (χ4n) is 8.21. The molecular weight excluding hydrogens is 671 g/mol. The van der Waals surface area contributed by atoms with Crippen LogP contribution in [0.1, 0.15) is 107 Å². The summed E-state index contributed by atoms with van der Waals surface area (Å²) >= 11 is 12.9. The third-order valence-corrected chi connectivity index (χ3v) is 9.62. The molecule has 50 heavy (non-hydrogen) atoms. The number of anilines is 4. The van der Waals surface area contributed by atoms with Gasteiger partial charge in [0.25, 0.3) is 0 Å². The van der Waals surface area contributed by atoms with Gasteiger partial charge >= 0.3 is 0 Å². The van der Waals surface area contributed by atoms with Crippen LogP contribution in [0.25, 0.3) is 0 Å². The summed E-state index contributed by atoms with van der Waals surface area (Å²) in [5.41, 5.74) is -0.144. The molecule has 2 aromatic rings. The van der Waals surface area contributed by atoms with Crippen LogP contribution in [0.15, 0.2) is 25.3 Å². The second kappa shape index (κ2) is 16.7. The van der Waals surface area contributed by atoms with Crippen molar-refractivity contribution in [2.75, 3.05) is 46.6 Å². The van der Waals surface area contributed by atoms with E-state index < -0.39 is 0 Å². The molecule has 0 unspecified atom stereocenters. The molecule has 0 aliphatic carbocycles. The molecule has 0 bridgehead atoms. The van der Waals surface area contributed by atoms with Crippen LogP contribution in [0.5, 0.6) is 0 Å². The molecule has 278 valence electrons. The van der Waals surface area contributed by atoms with Crippen molar-refractivity contribution >= 4 is 47.0 Å². The van der Waals surface area contributed by atoms with Crippen molar-refractivity contribution in [2.45, 2.75) is 141 Å². The molecule has 12 nitrogen and oxygen atoms in total. The van der Waals surface area contributed by atoms with Gasteiger partial charge in [0, 0.05) is 60.4 Å². The second-order valence-corrected chi connectivity index (χ2v) is 17.2. The van der Waals surface area contributed by atoms with Gasteiger partial charge in [0.2, 0.25) is 34.4 Å². The van der Waals surface area contributed by atoms with E-state index in [1.54, 1.807) is 12.2 Å². The van der Waals surface area contributed by atoms with E-state index in [-0.39, 0.29) is 44.8 Å². The van der Waals surface area contributed by atoms with Gasteiger partial charge in [-0.15, -0.1) is 13.2 Å². The number of nitrogens with zero attached hydrogens (tertiary/aromatic N) is 8.